The maximum Gasteiger partial charge on any atom is 0.239 e. The highest BCUT2D eigenvalue weighted by molar-refractivity contribution is 7.92. The summed E-state index contributed by atoms with van der Waals surface area (Å²) >= 11 is 0. The van der Waals surface area contributed by atoms with Gasteiger partial charge in [0.1, 0.15) is 5.76 Å². The van der Waals surface area contributed by atoms with Crippen LogP contribution in [-0.2, 0) is 21.2 Å². The Bertz CT molecular complexity index is 1250. The lowest BCUT2D eigenvalue weighted by molar-refractivity contribution is 0.363. The van der Waals surface area contributed by atoms with Crippen LogP contribution in [0.1, 0.15) is 74.8 Å². The molecular weight excluding hydrogens is 426 g/mol. The van der Waals surface area contributed by atoms with Crippen LogP contribution in [0.15, 0.2) is 34.9 Å². The number of nitrogens with one attached hydrogen (secondary N) is 2. The van der Waals surface area contributed by atoms with Crippen molar-refractivity contribution in [3.8, 4) is 0 Å². The molecule has 2 aliphatic rings. The van der Waals surface area contributed by atoms with Gasteiger partial charge in [0.15, 0.2) is 11.7 Å². The topological polar surface area (TPSA) is 104 Å². The molecule has 3 heterocycles. The number of oxazole rings is 1. The van der Waals surface area contributed by atoms with Gasteiger partial charge in [-0.15, -0.1) is 0 Å². The fourth-order valence-corrected chi connectivity index (χ4v) is 5.89. The molecule has 1 fully saturated rings. The Kier molecular flexibility index (Phi) is 4.85. The third-order valence-electron chi connectivity index (χ3n) is 6.53. The lowest BCUT2D eigenvalue weighted by atomic mass is 9.94. The number of fused-ring (bicyclic) bond motifs is 1. The van der Waals surface area contributed by atoms with Crippen LogP contribution in [0.2, 0.25) is 0 Å². The molecule has 9 heteroatoms. The van der Waals surface area contributed by atoms with E-state index in [1.165, 1.54) is 4.31 Å². The van der Waals surface area contributed by atoms with Crippen molar-refractivity contribution in [3.05, 3.63) is 53.4 Å². The molecule has 1 aromatic carbocycles. The Labute approximate surface area is 188 Å². The van der Waals surface area contributed by atoms with Crippen molar-refractivity contribution in [2.75, 3.05) is 16.7 Å². The number of aromatic nitrogens is 3. The molecule has 5 rings (SSSR count). The maximum atomic E-state index is 12.1. The van der Waals surface area contributed by atoms with Crippen molar-refractivity contribution in [1.29, 1.82) is 0 Å². The zero-order valence-corrected chi connectivity index (χ0v) is 19.7. The number of anilines is 3. The van der Waals surface area contributed by atoms with E-state index < -0.39 is 10.0 Å². The van der Waals surface area contributed by atoms with Crippen LogP contribution in [0.3, 0.4) is 0 Å². The van der Waals surface area contributed by atoms with Crippen molar-refractivity contribution in [3.63, 3.8) is 0 Å². The second-order valence-electron chi connectivity index (χ2n) is 9.92. The van der Waals surface area contributed by atoms with Gasteiger partial charge in [-0.1, -0.05) is 20.8 Å². The number of sulfonamides is 1. The molecule has 8 nitrogen and oxygen atoms in total. The SMILES string of the molecule is CN1c2ccc(Nc3cc(C4CCC(c5ncc(C(C)(C)C)o5)C4)[nH]n3)cc2CS1(=O)=O. The van der Waals surface area contributed by atoms with E-state index in [2.05, 4.69) is 41.3 Å². The fourth-order valence-electron chi connectivity index (χ4n) is 4.60. The Morgan fingerprint density at radius 1 is 1.19 bits per heavy atom. The van der Waals surface area contributed by atoms with Crippen LogP contribution in [-0.4, -0.2) is 30.6 Å². The second kappa shape index (κ2) is 7.37. The first-order valence-electron chi connectivity index (χ1n) is 11.0. The first kappa shape index (κ1) is 21.1. The average Bonchev–Trinajstić information content (AvgIpc) is 3.48. The van der Waals surface area contributed by atoms with Crippen molar-refractivity contribution in [1.82, 2.24) is 15.2 Å². The molecule has 0 saturated heterocycles. The summed E-state index contributed by atoms with van der Waals surface area (Å²) in [5.41, 5.74) is 3.42. The normalized spacial score (nSPS) is 22.3. The van der Waals surface area contributed by atoms with Gasteiger partial charge in [0.05, 0.1) is 17.6 Å². The highest BCUT2D eigenvalue weighted by atomic mass is 32.2. The molecule has 0 bridgehead atoms. The molecule has 0 spiro atoms. The standard InChI is InChI=1S/C23H29N5O3S/c1-23(2,3)20-12-24-22(31-20)15-6-5-14(9-15)18-11-21(27-26-18)25-17-7-8-19-16(10-17)13-32(29,30)28(19)4/h7-8,10-12,14-15H,5-6,9,13H2,1-4H3,(H2,25,26,27). The van der Waals surface area contributed by atoms with Crippen molar-refractivity contribution < 1.29 is 12.8 Å². The van der Waals surface area contributed by atoms with Crippen LogP contribution in [0.5, 0.6) is 0 Å². The molecule has 0 amide bonds. The number of rotatable bonds is 4. The van der Waals surface area contributed by atoms with Gasteiger partial charge in [-0.05, 0) is 43.0 Å². The van der Waals surface area contributed by atoms with Crippen molar-refractivity contribution >= 4 is 27.2 Å². The zero-order chi connectivity index (χ0) is 22.7. The van der Waals surface area contributed by atoms with E-state index in [-0.39, 0.29) is 11.2 Å². The largest absolute Gasteiger partial charge is 0.445 e. The number of hydrogen-bond donors (Lipinski definition) is 2. The number of hydrogen-bond acceptors (Lipinski definition) is 6. The van der Waals surface area contributed by atoms with E-state index in [1.807, 2.05) is 30.5 Å². The minimum absolute atomic E-state index is 0.0291. The highest BCUT2D eigenvalue weighted by Crippen LogP contribution is 2.44. The second-order valence-corrected chi connectivity index (χ2v) is 11.9. The van der Waals surface area contributed by atoms with Gasteiger partial charge < -0.3 is 9.73 Å². The van der Waals surface area contributed by atoms with Crippen molar-refractivity contribution in [2.24, 2.45) is 0 Å². The summed E-state index contributed by atoms with van der Waals surface area (Å²) in [6, 6.07) is 7.63. The molecule has 1 saturated carbocycles. The third-order valence-corrected chi connectivity index (χ3v) is 8.24. The van der Waals surface area contributed by atoms with Gasteiger partial charge in [0.25, 0.3) is 0 Å². The van der Waals surface area contributed by atoms with Gasteiger partial charge in [0.2, 0.25) is 10.0 Å². The average molecular weight is 456 g/mol. The molecule has 1 aliphatic carbocycles. The van der Waals surface area contributed by atoms with E-state index in [0.717, 1.165) is 59.4 Å². The summed E-state index contributed by atoms with van der Waals surface area (Å²) < 4.78 is 31.6. The number of aromatic amines is 1. The Balaban J connectivity index is 1.26. The smallest absolute Gasteiger partial charge is 0.239 e. The van der Waals surface area contributed by atoms with E-state index in [0.29, 0.717) is 11.8 Å². The van der Waals surface area contributed by atoms with Gasteiger partial charge in [-0.3, -0.25) is 9.40 Å². The molecule has 2 unspecified atom stereocenters. The van der Waals surface area contributed by atoms with Crippen LogP contribution in [0, 0.1) is 0 Å². The van der Waals surface area contributed by atoms with Gasteiger partial charge in [-0.2, -0.15) is 5.10 Å². The first-order valence-corrected chi connectivity index (χ1v) is 12.6. The lowest BCUT2D eigenvalue weighted by Crippen LogP contribution is -2.20. The third kappa shape index (κ3) is 3.79. The number of H-pyrrole nitrogens is 1. The van der Waals surface area contributed by atoms with E-state index in [9.17, 15) is 8.42 Å². The highest BCUT2D eigenvalue weighted by Gasteiger charge is 2.33. The van der Waals surface area contributed by atoms with Gasteiger partial charge in [-0.25, -0.2) is 13.4 Å². The molecule has 0 radical (unpaired) electrons. The van der Waals surface area contributed by atoms with Crippen molar-refractivity contribution in [2.45, 2.75) is 63.0 Å². The van der Waals surface area contributed by atoms with E-state index in [4.69, 9.17) is 4.42 Å². The molecule has 1 aliphatic heterocycles. The molecule has 2 N–H and O–H groups in total. The molecule has 3 aromatic rings. The predicted molar refractivity (Wildman–Crippen MR) is 124 cm³/mol. The summed E-state index contributed by atoms with van der Waals surface area (Å²) in [4.78, 5) is 4.55. The van der Waals surface area contributed by atoms with Crippen LogP contribution >= 0.6 is 0 Å². The monoisotopic (exact) mass is 455 g/mol. The van der Waals surface area contributed by atoms with Gasteiger partial charge >= 0.3 is 0 Å². The maximum absolute atomic E-state index is 12.1. The quantitative estimate of drug-likeness (QED) is 0.587. The molecule has 32 heavy (non-hydrogen) atoms. The van der Waals surface area contributed by atoms with Crippen LogP contribution in [0.4, 0.5) is 17.2 Å². The minimum atomic E-state index is -3.24. The van der Waals surface area contributed by atoms with Gasteiger partial charge in [0, 0.05) is 41.7 Å². The Morgan fingerprint density at radius 3 is 2.72 bits per heavy atom. The lowest BCUT2D eigenvalue weighted by Gasteiger charge is -2.13. The molecule has 2 aromatic heterocycles. The molecule has 170 valence electrons. The zero-order valence-electron chi connectivity index (χ0n) is 18.8. The summed E-state index contributed by atoms with van der Waals surface area (Å²) in [5, 5.41) is 10.9. The number of nitrogens with zero attached hydrogens (tertiary/aromatic N) is 3. The first-order chi connectivity index (χ1) is 15.1. The van der Waals surface area contributed by atoms with Crippen LogP contribution in [0.25, 0.3) is 0 Å². The predicted octanol–water partition coefficient (Wildman–Crippen LogP) is 4.77. The summed E-state index contributed by atoms with van der Waals surface area (Å²) in [7, 11) is -1.66. The van der Waals surface area contributed by atoms with E-state index in [1.54, 1.807) is 7.05 Å². The summed E-state index contributed by atoms with van der Waals surface area (Å²) in [6.45, 7) is 6.39. The Hall–Kier alpha value is -2.81. The molecular formula is C23H29N5O3S. The fraction of sp³-hybridized carbons (Fsp3) is 0.478. The number of benzene rings is 1. The Morgan fingerprint density at radius 2 is 1.97 bits per heavy atom. The molecule has 2 atom stereocenters. The van der Waals surface area contributed by atoms with E-state index >= 15 is 0 Å². The minimum Gasteiger partial charge on any atom is -0.445 e. The van der Waals surface area contributed by atoms with Crippen LogP contribution < -0.4 is 9.62 Å². The summed E-state index contributed by atoms with van der Waals surface area (Å²) in [6.07, 6.45) is 4.95. The summed E-state index contributed by atoms with van der Waals surface area (Å²) in [5.74, 6) is 3.23.